The highest BCUT2D eigenvalue weighted by Crippen LogP contribution is 2.23. The van der Waals surface area contributed by atoms with Gasteiger partial charge >= 0.3 is 0 Å². The maximum absolute atomic E-state index is 9.28. The largest absolute Gasteiger partial charge is 0.491 e. The minimum atomic E-state index is -0.593. The zero-order valence-electron chi connectivity index (χ0n) is 10.2. The van der Waals surface area contributed by atoms with Gasteiger partial charge in [0.1, 0.15) is 18.5 Å². The molecule has 0 unspecified atom stereocenters. The lowest BCUT2D eigenvalue weighted by Gasteiger charge is -2.14. The fourth-order valence-electron chi connectivity index (χ4n) is 1.65. The zero-order valence-corrected chi connectivity index (χ0v) is 10.2. The molecule has 1 aromatic carbocycles. The van der Waals surface area contributed by atoms with Gasteiger partial charge in [-0.05, 0) is 36.1 Å². The summed E-state index contributed by atoms with van der Waals surface area (Å²) in [5.41, 5.74) is 7.84. The van der Waals surface area contributed by atoms with Gasteiger partial charge in [0, 0.05) is 6.54 Å². The van der Waals surface area contributed by atoms with Crippen molar-refractivity contribution in [1.29, 1.82) is 0 Å². The number of benzene rings is 1. The van der Waals surface area contributed by atoms with Crippen LogP contribution in [0.4, 0.5) is 0 Å². The molecule has 0 aromatic heterocycles. The van der Waals surface area contributed by atoms with Crippen molar-refractivity contribution >= 4 is 0 Å². The second-order valence-corrected chi connectivity index (χ2v) is 4.37. The fraction of sp³-hybridized carbons (Fsp3) is 0.538. The molecule has 0 aliphatic heterocycles. The van der Waals surface area contributed by atoms with Crippen molar-refractivity contribution in [2.45, 2.75) is 32.8 Å². The van der Waals surface area contributed by atoms with E-state index in [-0.39, 0.29) is 13.2 Å². The Morgan fingerprint density at radius 3 is 2.56 bits per heavy atom. The Morgan fingerprint density at radius 1 is 1.38 bits per heavy atom. The average Bonchev–Trinajstić information content (AvgIpc) is 2.25. The summed E-state index contributed by atoms with van der Waals surface area (Å²) in [7, 11) is 0. The standard InChI is InChI=1S/C13H21NO2/c1-9(2)13-5-4-12(6-10(13)3)16-8-11(15)7-14/h4-6,9,11,15H,7-8,14H2,1-3H3/t11-/m1/s1. The molecule has 0 saturated heterocycles. The van der Waals surface area contributed by atoms with Crippen LogP contribution in [-0.4, -0.2) is 24.4 Å². The van der Waals surface area contributed by atoms with Gasteiger partial charge in [-0.1, -0.05) is 19.9 Å². The molecular formula is C13H21NO2. The molecule has 0 fully saturated rings. The normalized spacial score (nSPS) is 12.9. The van der Waals surface area contributed by atoms with E-state index in [9.17, 15) is 5.11 Å². The van der Waals surface area contributed by atoms with Crippen molar-refractivity contribution in [2.75, 3.05) is 13.2 Å². The number of hydrogen-bond donors (Lipinski definition) is 2. The van der Waals surface area contributed by atoms with E-state index in [4.69, 9.17) is 10.5 Å². The van der Waals surface area contributed by atoms with Crippen LogP contribution in [0, 0.1) is 6.92 Å². The molecule has 0 aliphatic rings. The summed E-state index contributed by atoms with van der Waals surface area (Å²) in [6.45, 7) is 6.88. The molecule has 0 heterocycles. The third kappa shape index (κ3) is 3.51. The number of hydrogen-bond acceptors (Lipinski definition) is 3. The molecule has 1 rings (SSSR count). The van der Waals surface area contributed by atoms with E-state index in [1.165, 1.54) is 11.1 Å². The average molecular weight is 223 g/mol. The number of ether oxygens (including phenoxy) is 1. The van der Waals surface area contributed by atoms with E-state index in [1.54, 1.807) is 0 Å². The van der Waals surface area contributed by atoms with Crippen LogP contribution in [-0.2, 0) is 0 Å². The summed E-state index contributed by atoms with van der Waals surface area (Å²) in [6.07, 6.45) is -0.593. The Labute approximate surface area is 97.2 Å². The van der Waals surface area contributed by atoms with Crippen molar-refractivity contribution in [2.24, 2.45) is 5.73 Å². The number of rotatable bonds is 5. The van der Waals surface area contributed by atoms with Gasteiger partial charge in [-0.25, -0.2) is 0 Å². The van der Waals surface area contributed by atoms with Gasteiger partial charge in [0.25, 0.3) is 0 Å². The Bertz CT molecular complexity index is 337. The van der Waals surface area contributed by atoms with Crippen LogP contribution in [0.15, 0.2) is 18.2 Å². The Morgan fingerprint density at radius 2 is 2.06 bits per heavy atom. The molecule has 90 valence electrons. The van der Waals surface area contributed by atoms with E-state index >= 15 is 0 Å². The van der Waals surface area contributed by atoms with Crippen LogP contribution >= 0.6 is 0 Å². The molecule has 0 spiro atoms. The van der Waals surface area contributed by atoms with E-state index in [1.807, 2.05) is 12.1 Å². The van der Waals surface area contributed by atoms with Crippen molar-refractivity contribution in [3.05, 3.63) is 29.3 Å². The summed E-state index contributed by atoms with van der Waals surface area (Å²) in [5.74, 6) is 1.30. The zero-order chi connectivity index (χ0) is 12.1. The van der Waals surface area contributed by atoms with Crippen molar-refractivity contribution in [3.8, 4) is 5.75 Å². The van der Waals surface area contributed by atoms with E-state index in [2.05, 4.69) is 26.8 Å². The molecule has 0 aliphatic carbocycles. The predicted octanol–water partition coefficient (Wildman–Crippen LogP) is 1.82. The summed E-state index contributed by atoms with van der Waals surface area (Å²) >= 11 is 0. The smallest absolute Gasteiger partial charge is 0.119 e. The van der Waals surface area contributed by atoms with Gasteiger partial charge in [-0.3, -0.25) is 0 Å². The lowest BCUT2D eigenvalue weighted by Crippen LogP contribution is -2.26. The molecule has 1 aromatic rings. The highest BCUT2D eigenvalue weighted by atomic mass is 16.5. The molecule has 0 radical (unpaired) electrons. The molecule has 3 heteroatoms. The maximum Gasteiger partial charge on any atom is 0.119 e. The first-order valence-electron chi connectivity index (χ1n) is 5.66. The van der Waals surface area contributed by atoms with E-state index in [0.29, 0.717) is 5.92 Å². The molecule has 0 bridgehead atoms. The van der Waals surface area contributed by atoms with Crippen molar-refractivity contribution < 1.29 is 9.84 Å². The number of nitrogens with two attached hydrogens (primary N) is 1. The van der Waals surface area contributed by atoms with Gasteiger partial charge in [0.15, 0.2) is 0 Å². The van der Waals surface area contributed by atoms with Crippen LogP contribution < -0.4 is 10.5 Å². The molecule has 0 saturated carbocycles. The topological polar surface area (TPSA) is 55.5 Å². The summed E-state index contributed by atoms with van der Waals surface area (Å²) in [6, 6.07) is 6.01. The third-order valence-corrected chi connectivity index (χ3v) is 2.58. The van der Waals surface area contributed by atoms with Gasteiger partial charge in [0.2, 0.25) is 0 Å². The minimum Gasteiger partial charge on any atom is -0.491 e. The molecule has 3 nitrogen and oxygen atoms in total. The molecule has 16 heavy (non-hydrogen) atoms. The molecular weight excluding hydrogens is 202 g/mol. The Hall–Kier alpha value is -1.06. The van der Waals surface area contributed by atoms with E-state index in [0.717, 1.165) is 5.75 Å². The van der Waals surface area contributed by atoms with Crippen LogP contribution in [0.1, 0.15) is 30.9 Å². The monoisotopic (exact) mass is 223 g/mol. The lowest BCUT2D eigenvalue weighted by atomic mass is 9.98. The van der Waals surface area contributed by atoms with Crippen molar-refractivity contribution in [3.63, 3.8) is 0 Å². The first-order chi connectivity index (χ1) is 7.54. The fourth-order valence-corrected chi connectivity index (χ4v) is 1.65. The summed E-state index contributed by atoms with van der Waals surface area (Å²) in [4.78, 5) is 0. The second-order valence-electron chi connectivity index (χ2n) is 4.37. The Kier molecular flexibility index (Phi) is 4.77. The van der Waals surface area contributed by atoms with Crippen LogP contribution in [0.5, 0.6) is 5.75 Å². The quantitative estimate of drug-likeness (QED) is 0.800. The van der Waals surface area contributed by atoms with Gasteiger partial charge in [-0.15, -0.1) is 0 Å². The third-order valence-electron chi connectivity index (χ3n) is 2.58. The molecule has 1 atom stereocenters. The second kappa shape index (κ2) is 5.87. The summed E-state index contributed by atoms with van der Waals surface area (Å²) < 4.78 is 5.44. The number of aliphatic hydroxyl groups is 1. The summed E-state index contributed by atoms with van der Waals surface area (Å²) in [5, 5.41) is 9.28. The van der Waals surface area contributed by atoms with E-state index < -0.39 is 6.10 Å². The lowest BCUT2D eigenvalue weighted by molar-refractivity contribution is 0.114. The minimum absolute atomic E-state index is 0.225. The highest BCUT2D eigenvalue weighted by molar-refractivity contribution is 5.36. The number of aryl methyl sites for hydroxylation is 1. The maximum atomic E-state index is 9.28. The Balaban J connectivity index is 2.66. The predicted molar refractivity (Wildman–Crippen MR) is 65.8 cm³/mol. The molecule has 0 amide bonds. The first-order valence-corrected chi connectivity index (χ1v) is 5.66. The van der Waals surface area contributed by atoms with Crippen molar-refractivity contribution in [1.82, 2.24) is 0 Å². The SMILES string of the molecule is Cc1cc(OC[C@H](O)CN)ccc1C(C)C. The first kappa shape index (κ1) is 13.0. The van der Waals surface area contributed by atoms with Crippen LogP contribution in [0.2, 0.25) is 0 Å². The van der Waals surface area contributed by atoms with Gasteiger partial charge in [0.05, 0.1) is 0 Å². The van der Waals surface area contributed by atoms with Gasteiger partial charge < -0.3 is 15.6 Å². The number of aliphatic hydroxyl groups excluding tert-OH is 1. The van der Waals surface area contributed by atoms with Gasteiger partial charge in [-0.2, -0.15) is 0 Å². The van der Waals surface area contributed by atoms with Crippen LogP contribution in [0.25, 0.3) is 0 Å². The van der Waals surface area contributed by atoms with Crippen LogP contribution in [0.3, 0.4) is 0 Å². The highest BCUT2D eigenvalue weighted by Gasteiger charge is 2.06. The molecule has 3 N–H and O–H groups in total.